The van der Waals surface area contributed by atoms with E-state index in [1.807, 2.05) is 26.0 Å². The number of carbonyl (C=O) groups is 1. The summed E-state index contributed by atoms with van der Waals surface area (Å²) in [5, 5.41) is 12.7. The van der Waals surface area contributed by atoms with Crippen LogP contribution >= 0.6 is 0 Å². The van der Waals surface area contributed by atoms with Gasteiger partial charge < -0.3 is 20.2 Å². The number of carbonyl (C=O) groups excluding carboxylic acids is 1. The number of hydrogen-bond acceptors (Lipinski definition) is 5. The van der Waals surface area contributed by atoms with Gasteiger partial charge in [0.05, 0.1) is 0 Å². The first-order valence-electron chi connectivity index (χ1n) is 9.92. The van der Waals surface area contributed by atoms with Gasteiger partial charge >= 0.3 is 0 Å². The van der Waals surface area contributed by atoms with Crippen LogP contribution in [0.5, 0.6) is 0 Å². The Hall–Kier alpha value is -2.60. The lowest BCUT2D eigenvalue weighted by atomic mass is 10.1. The standard InChI is InChI=1S/C22H30N4O2/c1-16(2)20(27)22(28)24-15-18-8-6-10-23-21(18)26-13-11-25(12-14-26)19-9-5-4-7-17(19)3/h4-10,16,20,27H,11-15H2,1-3H3,(H,24,28)/t20-/m1/s1. The van der Waals surface area contributed by atoms with E-state index in [1.54, 1.807) is 6.20 Å². The average Bonchev–Trinajstić information content (AvgIpc) is 2.72. The van der Waals surface area contributed by atoms with E-state index in [-0.39, 0.29) is 11.8 Å². The minimum absolute atomic E-state index is 0.108. The quantitative estimate of drug-likeness (QED) is 0.803. The summed E-state index contributed by atoms with van der Waals surface area (Å²) in [6.45, 7) is 9.78. The monoisotopic (exact) mass is 382 g/mol. The largest absolute Gasteiger partial charge is 0.383 e. The van der Waals surface area contributed by atoms with Gasteiger partial charge in [-0.2, -0.15) is 0 Å². The minimum Gasteiger partial charge on any atom is -0.383 e. The number of para-hydroxylation sites is 1. The number of aliphatic hydroxyl groups is 1. The molecule has 2 N–H and O–H groups in total. The Kier molecular flexibility index (Phi) is 6.52. The van der Waals surface area contributed by atoms with Crippen LogP contribution in [0.2, 0.25) is 0 Å². The lowest BCUT2D eigenvalue weighted by molar-refractivity contribution is -0.131. The summed E-state index contributed by atoms with van der Waals surface area (Å²) in [5.41, 5.74) is 3.55. The van der Waals surface area contributed by atoms with Crippen molar-refractivity contribution in [3.63, 3.8) is 0 Å². The third kappa shape index (κ3) is 4.62. The number of pyridine rings is 1. The molecule has 1 fully saturated rings. The molecule has 150 valence electrons. The van der Waals surface area contributed by atoms with Crippen LogP contribution in [0.25, 0.3) is 0 Å². The van der Waals surface area contributed by atoms with Crippen molar-refractivity contribution >= 4 is 17.4 Å². The van der Waals surface area contributed by atoms with Gasteiger partial charge in [0.2, 0.25) is 5.91 Å². The molecule has 1 aliphatic heterocycles. The second-order valence-corrected chi connectivity index (χ2v) is 7.65. The Labute approximate surface area is 167 Å². The molecule has 1 atom stereocenters. The van der Waals surface area contributed by atoms with E-state index in [0.29, 0.717) is 6.54 Å². The van der Waals surface area contributed by atoms with Crippen molar-refractivity contribution in [3.05, 3.63) is 53.7 Å². The van der Waals surface area contributed by atoms with Crippen LogP contribution in [-0.4, -0.2) is 48.3 Å². The van der Waals surface area contributed by atoms with E-state index in [9.17, 15) is 9.90 Å². The van der Waals surface area contributed by atoms with Gasteiger partial charge in [-0.05, 0) is 30.5 Å². The third-order valence-electron chi connectivity index (χ3n) is 5.26. The molecule has 2 aromatic rings. The second kappa shape index (κ2) is 9.06. The van der Waals surface area contributed by atoms with Gasteiger partial charge in [0, 0.05) is 50.2 Å². The zero-order valence-corrected chi connectivity index (χ0v) is 16.9. The number of anilines is 2. The summed E-state index contributed by atoms with van der Waals surface area (Å²) in [5.74, 6) is 0.461. The molecule has 6 nitrogen and oxygen atoms in total. The molecule has 2 heterocycles. The van der Waals surface area contributed by atoms with Gasteiger partial charge in [0.25, 0.3) is 0 Å². The summed E-state index contributed by atoms with van der Waals surface area (Å²) in [6, 6.07) is 12.3. The van der Waals surface area contributed by atoms with Crippen molar-refractivity contribution in [1.82, 2.24) is 10.3 Å². The van der Waals surface area contributed by atoms with Crippen LogP contribution in [0.3, 0.4) is 0 Å². The summed E-state index contributed by atoms with van der Waals surface area (Å²) in [6.07, 6.45) is 0.801. The number of benzene rings is 1. The Morgan fingerprint density at radius 2 is 1.79 bits per heavy atom. The van der Waals surface area contributed by atoms with E-state index in [2.05, 4.69) is 51.3 Å². The topological polar surface area (TPSA) is 68.7 Å². The van der Waals surface area contributed by atoms with E-state index in [4.69, 9.17) is 0 Å². The van der Waals surface area contributed by atoms with Crippen LogP contribution in [0.4, 0.5) is 11.5 Å². The maximum Gasteiger partial charge on any atom is 0.249 e. The number of aliphatic hydroxyl groups excluding tert-OH is 1. The van der Waals surface area contributed by atoms with Crippen molar-refractivity contribution in [2.45, 2.75) is 33.4 Å². The number of aryl methyl sites for hydroxylation is 1. The predicted octanol–water partition coefficient (Wildman–Crippen LogP) is 2.35. The normalized spacial score (nSPS) is 15.6. The first-order valence-corrected chi connectivity index (χ1v) is 9.92. The molecule has 1 aromatic carbocycles. The number of nitrogens with zero attached hydrogens (tertiary/aromatic N) is 3. The molecule has 6 heteroatoms. The van der Waals surface area contributed by atoms with Gasteiger partial charge in [-0.3, -0.25) is 4.79 Å². The summed E-state index contributed by atoms with van der Waals surface area (Å²) in [7, 11) is 0. The summed E-state index contributed by atoms with van der Waals surface area (Å²) in [4.78, 5) is 21.3. The Morgan fingerprint density at radius 1 is 1.11 bits per heavy atom. The fourth-order valence-electron chi connectivity index (χ4n) is 3.52. The highest BCUT2D eigenvalue weighted by molar-refractivity contribution is 5.80. The van der Waals surface area contributed by atoms with E-state index < -0.39 is 6.10 Å². The molecule has 1 saturated heterocycles. The lowest BCUT2D eigenvalue weighted by Crippen LogP contribution is -2.47. The molecule has 0 saturated carbocycles. The molecule has 1 aliphatic rings. The van der Waals surface area contributed by atoms with Crippen LogP contribution in [0, 0.1) is 12.8 Å². The number of hydrogen-bond donors (Lipinski definition) is 2. The van der Waals surface area contributed by atoms with Crippen LogP contribution in [-0.2, 0) is 11.3 Å². The molecule has 1 aromatic heterocycles. The van der Waals surface area contributed by atoms with Gasteiger partial charge in [-0.1, -0.05) is 38.1 Å². The second-order valence-electron chi connectivity index (χ2n) is 7.65. The van der Waals surface area contributed by atoms with Crippen LogP contribution < -0.4 is 15.1 Å². The van der Waals surface area contributed by atoms with Gasteiger partial charge in [0.1, 0.15) is 11.9 Å². The molecule has 0 radical (unpaired) electrons. The van der Waals surface area contributed by atoms with Crippen molar-refractivity contribution in [2.24, 2.45) is 5.92 Å². The molecule has 0 bridgehead atoms. The zero-order valence-electron chi connectivity index (χ0n) is 16.9. The minimum atomic E-state index is -0.988. The highest BCUT2D eigenvalue weighted by Crippen LogP contribution is 2.24. The molecule has 3 rings (SSSR count). The lowest BCUT2D eigenvalue weighted by Gasteiger charge is -2.38. The number of rotatable bonds is 6. The third-order valence-corrected chi connectivity index (χ3v) is 5.26. The smallest absolute Gasteiger partial charge is 0.249 e. The molecule has 1 amide bonds. The Morgan fingerprint density at radius 3 is 2.46 bits per heavy atom. The van der Waals surface area contributed by atoms with Crippen molar-refractivity contribution in [3.8, 4) is 0 Å². The van der Waals surface area contributed by atoms with Gasteiger partial charge in [0.15, 0.2) is 0 Å². The highest BCUT2D eigenvalue weighted by atomic mass is 16.3. The fourth-order valence-corrected chi connectivity index (χ4v) is 3.52. The predicted molar refractivity (Wildman–Crippen MR) is 113 cm³/mol. The van der Waals surface area contributed by atoms with E-state index in [0.717, 1.165) is 37.6 Å². The van der Waals surface area contributed by atoms with Crippen molar-refractivity contribution in [1.29, 1.82) is 0 Å². The van der Waals surface area contributed by atoms with E-state index >= 15 is 0 Å². The van der Waals surface area contributed by atoms with Crippen molar-refractivity contribution in [2.75, 3.05) is 36.0 Å². The summed E-state index contributed by atoms with van der Waals surface area (Å²) < 4.78 is 0. The first kappa shape index (κ1) is 20.1. The maximum atomic E-state index is 12.1. The maximum absolute atomic E-state index is 12.1. The molecule has 0 spiro atoms. The Bertz CT molecular complexity index is 801. The number of piperazine rings is 1. The highest BCUT2D eigenvalue weighted by Gasteiger charge is 2.22. The molecule has 0 aliphatic carbocycles. The average molecular weight is 383 g/mol. The number of amides is 1. The SMILES string of the molecule is Cc1ccccc1N1CCN(c2ncccc2CNC(=O)[C@H](O)C(C)C)CC1. The molecular weight excluding hydrogens is 352 g/mol. The van der Waals surface area contributed by atoms with Gasteiger partial charge in [-0.15, -0.1) is 0 Å². The van der Waals surface area contributed by atoms with Gasteiger partial charge in [-0.25, -0.2) is 4.98 Å². The van der Waals surface area contributed by atoms with E-state index in [1.165, 1.54) is 11.3 Å². The van der Waals surface area contributed by atoms with Crippen LogP contribution in [0.15, 0.2) is 42.6 Å². The molecular formula is C22H30N4O2. The zero-order chi connectivity index (χ0) is 20.1. The molecule has 28 heavy (non-hydrogen) atoms. The fraction of sp³-hybridized carbons (Fsp3) is 0.455. The number of nitrogens with one attached hydrogen (secondary N) is 1. The first-order chi connectivity index (χ1) is 13.5. The summed E-state index contributed by atoms with van der Waals surface area (Å²) >= 11 is 0. The Balaban J connectivity index is 1.64. The van der Waals surface area contributed by atoms with Crippen LogP contribution in [0.1, 0.15) is 25.0 Å². The van der Waals surface area contributed by atoms with Crippen molar-refractivity contribution < 1.29 is 9.90 Å². The number of aromatic nitrogens is 1. The molecule has 0 unspecified atom stereocenters.